The number of primary amides is 1. The van der Waals surface area contributed by atoms with E-state index in [2.05, 4.69) is 4.98 Å². The molecule has 1 saturated carbocycles. The highest BCUT2D eigenvalue weighted by Gasteiger charge is 2.64. The van der Waals surface area contributed by atoms with Crippen LogP contribution in [0.3, 0.4) is 0 Å². The van der Waals surface area contributed by atoms with Crippen LogP contribution in [-0.4, -0.2) is 82.5 Å². The minimum Gasteiger partial charge on any atom is -0.508 e. The molecule has 0 saturated heterocycles. The first-order chi connectivity index (χ1) is 16.8. The van der Waals surface area contributed by atoms with Gasteiger partial charge in [-0.3, -0.25) is 19.3 Å². The lowest BCUT2D eigenvalue weighted by Crippen LogP contribution is -2.65. The third-order valence-corrected chi connectivity index (χ3v) is 7.58. The number of nitrogens with two attached hydrogens (primary N) is 2. The number of anilines is 2. The van der Waals surface area contributed by atoms with Crippen molar-refractivity contribution in [3.05, 3.63) is 34.1 Å². The number of oxazole rings is 1. The lowest BCUT2D eigenvalue weighted by molar-refractivity contribution is -0.153. The number of nitrogens with zero attached hydrogens (tertiary/aromatic N) is 3. The van der Waals surface area contributed by atoms with Gasteiger partial charge < -0.3 is 36.1 Å². The number of nitrogen functional groups attached to an aromatic ring is 1. The lowest BCUT2D eigenvalue weighted by Gasteiger charge is -2.50. The van der Waals surface area contributed by atoms with Crippen LogP contribution in [0.5, 0.6) is 0 Å². The standard InChI is InChI=1S/C24H27N5O7/c1-28(2)12-7-11-19(36-23(26)27-11)14-9(12)5-8-6-10-16(29(3)4)18(31)15(22(25)34)21(33)24(10,35)20(32)13(8)17(14)30/h7-8,10,16,30,33,35H,5-6H2,1-4H3,(H2,25,34)(H2,26,27)/t8-,10+,16+,24-/m0/s1. The number of aliphatic hydroxyl groups is 3. The second kappa shape index (κ2) is 7.55. The van der Waals surface area contributed by atoms with Gasteiger partial charge in [0.25, 0.3) is 11.9 Å². The predicted octanol–water partition coefficient (Wildman–Crippen LogP) is 0.0478. The van der Waals surface area contributed by atoms with Crippen molar-refractivity contribution in [2.24, 2.45) is 17.6 Å². The number of fused-ring (bicyclic) bond motifs is 5. The molecule has 1 amide bonds. The third kappa shape index (κ3) is 2.88. The molecule has 36 heavy (non-hydrogen) atoms. The van der Waals surface area contributed by atoms with Crippen molar-refractivity contribution in [2.45, 2.75) is 24.5 Å². The highest BCUT2D eigenvalue weighted by atomic mass is 16.4. The van der Waals surface area contributed by atoms with Crippen molar-refractivity contribution in [1.82, 2.24) is 9.88 Å². The van der Waals surface area contributed by atoms with Crippen LogP contribution in [0.15, 0.2) is 27.4 Å². The summed E-state index contributed by atoms with van der Waals surface area (Å²) in [6, 6.07) is 0.545. The molecule has 1 aromatic heterocycles. The topological polar surface area (TPSA) is 196 Å². The molecule has 0 spiro atoms. The molecule has 0 bridgehead atoms. The fourth-order valence-electron chi connectivity index (χ4n) is 6.10. The van der Waals surface area contributed by atoms with E-state index in [4.69, 9.17) is 15.9 Å². The van der Waals surface area contributed by atoms with Crippen molar-refractivity contribution in [3.8, 4) is 0 Å². The molecule has 5 rings (SSSR count). The molecule has 3 aliphatic rings. The maximum atomic E-state index is 13.9. The first-order valence-corrected chi connectivity index (χ1v) is 11.3. The molecular formula is C24H27N5O7. The summed E-state index contributed by atoms with van der Waals surface area (Å²) in [5.41, 5.74) is 9.72. The van der Waals surface area contributed by atoms with Gasteiger partial charge >= 0.3 is 0 Å². The van der Waals surface area contributed by atoms with Gasteiger partial charge in [-0.15, -0.1) is 0 Å². The minimum absolute atomic E-state index is 0.0647. The second-order valence-electron chi connectivity index (χ2n) is 10.0. The van der Waals surface area contributed by atoms with Crippen molar-refractivity contribution >= 4 is 46.0 Å². The van der Waals surface area contributed by atoms with Crippen LogP contribution in [0.25, 0.3) is 16.9 Å². The number of carbonyl (C=O) groups excluding carboxylic acids is 3. The van der Waals surface area contributed by atoms with Gasteiger partial charge in [0.1, 0.15) is 22.6 Å². The summed E-state index contributed by atoms with van der Waals surface area (Å²) in [7, 11) is 6.79. The Bertz CT molecular complexity index is 1440. The fraction of sp³-hybridized carbons (Fsp3) is 0.417. The third-order valence-electron chi connectivity index (χ3n) is 7.58. The maximum Gasteiger partial charge on any atom is 0.293 e. The smallest absolute Gasteiger partial charge is 0.293 e. The Hall–Kier alpha value is -3.90. The van der Waals surface area contributed by atoms with E-state index >= 15 is 0 Å². The van der Waals surface area contributed by atoms with Gasteiger partial charge in [0.05, 0.1) is 11.6 Å². The first-order valence-electron chi connectivity index (χ1n) is 11.3. The summed E-state index contributed by atoms with van der Waals surface area (Å²) in [5.74, 6) is -6.24. The van der Waals surface area contributed by atoms with Gasteiger partial charge in [0, 0.05) is 31.3 Å². The number of aromatic nitrogens is 1. The Kier molecular flexibility index (Phi) is 4.99. The monoisotopic (exact) mass is 497 g/mol. The van der Waals surface area contributed by atoms with Crippen LogP contribution in [0, 0.1) is 11.8 Å². The summed E-state index contributed by atoms with van der Waals surface area (Å²) in [5, 5.41) is 34.1. The normalized spacial score (nSPS) is 27.9. The lowest BCUT2D eigenvalue weighted by atomic mass is 9.57. The zero-order valence-corrected chi connectivity index (χ0v) is 20.2. The number of likely N-dealkylation sites (N-methyl/N-ethyl adjacent to an activating group) is 1. The quantitative estimate of drug-likeness (QED) is 0.359. The minimum atomic E-state index is -2.64. The molecule has 190 valence electrons. The molecule has 4 atom stereocenters. The van der Waals surface area contributed by atoms with Gasteiger partial charge in [-0.05, 0) is 44.5 Å². The van der Waals surface area contributed by atoms with Crippen molar-refractivity contribution in [2.75, 3.05) is 38.8 Å². The summed E-state index contributed by atoms with van der Waals surface area (Å²) < 4.78 is 5.56. The van der Waals surface area contributed by atoms with Gasteiger partial charge in [-0.1, -0.05) is 0 Å². The molecule has 1 heterocycles. The highest BCUT2D eigenvalue weighted by Crippen LogP contribution is 2.53. The van der Waals surface area contributed by atoms with Crippen molar-refractivity contribution in [1.29, 1.82) is 0 Å². The molecule has 0 aliphatic heterocycles. The number of carbonyl (C=O) groups is 3. The second-order valence-corrected chi connectivity index (χ2v) is 10.0. The van der Waals surface area contributed by atoms with Crippen LogP contribution in [0.1, 0.15) is 17.5 Å². The van der Waals surface area contributed by atoms with Crippen LogP contribution in [0.4, 0.5) is 11.7 Å². The van der Waals surface area contributed by atoms with Crippen LogP contribution in [-0.2, 0) is 20.8 Å². The summed E-state index contributed by atoms with van der Waals surface area (Å²) >= 11 is 0. The Morgan fingerprint density at radius 3 is 2.47 bits per heavy atom. The molecule has 0 unspecified atom stereocenters. The molecule has 1 fully saturated rings. The van der Waals surface area contributed by atoms with E-state index in [-0.39, 0.29) is 35.6 Å². The number of rotatable bonds is 3. The first kappa shape index (κ1) is 23.8. The van der Waals surface area contributed by atoms with E-state index in [1.54, 1.807) is 20.2 Å². The number of benzene rings is 1. The van der Waals surface area contributed by atoms with Gasteiger partial charge in [0.15, 0.2) is 17.0 Å². The number of hydrogen-bond acceptors (Lipinski definition) is 11. The fourth-order valence-corrected chi connectivity index (χ4v) is 6.10. The predicted molar refractivity (Wildman–Crippen MR) is 129 cm³/mol. The van der Waals surface area contributed by atoms with Crippen molar-refractivity contribution in [3.63, 3.8) is 0 Å². The molecule has 2 aromatic rings. The maximum absolute atomic E-state index is 13.9. The SMILES string of the molecule is CN(C)c1cc2nc(N)oc2c2c1C[C@H]1C[C@@H]3[C@@H](N(C)C)C(=O)C(C(N)=O)=C(O)[C@@]3(O)C(=O)C1=C2O. The molecule has 7 N–H and O–H groups in total. The summed E-state index contributed by atoms with van der Waals surface area (Å²) in [6.07, 6.45) is 0.341. The summed E-state index contributed by atoms with van der Waals surface area (Å²) in [4.78, 5) is 46.6. The molecule has 1 aromatic carbocycles. The Morgan fingerprint density at radius 2 is 1.89 bits per heavy atom. The van der Waals surface area contributed by atoms with Crippen LogP contribution < -0.4 is 16.4 Å². The molecule has 12 heteroatoms. The molecule has 0 radical (unpaired) electrons. The Morgan fingerprint density at radius 1 is 1.22 bits per heavy atom. The van der Waals surface area contributed by atoms with Gasteiger partial charge in [-0.25, -0.2) is 0 Å². The average Bonchev–Trinajstić information content (AvgIpc) is 3.14. The Balaban J connectivity index is 1.80. The van der Waals surface area contributed by atoms with E-state index in [1.807, 2.05) is 19.0 Å². The zero-order chi connectivity index (χ0) is 26.4. The highest BCUT2D eigenvalue weighted by molar-refractivity contribution is 6.24. The van der Waals surface area contributed by atoms with E-state index in [1.165, 1.54) is 4.90 Å². The number of amides is 1. The molecular weight excluding hydrogens is 470 g/mol. The number of Topliss-reactive ketones (excluding diaryl/α,β-unsaturated/α-hetero) is 2. The Labute approximate surface area is 205 Å². The van der Waals surface area contributed by atoms with Gasteiger partial charge in [-0.2, -0.15) is 4.98 Å². The molecule has 3 aliphatic carbocycles. The van der Waals surface area contributed by atoms with Gasteiger partial charge in [0.2, 0.25) is 5.78 Å². The van der Waals surface area contributed by atoms with E-state index in [0.717, 1.165) is 5.69 Å². The van der Waals surface area contributed by atoms with Crippen LogP contribution in [0.2, 0.25) is 0 Å². The molecule has 12 nitrogen and oxygen atoms in total. The number of aliphatic hydroxyl groups excluding tert-OH is 2. The van der Waals surface area contributed by atoms with Crippen molar-refractivity contribution < 1.29 is 34.1 Å². The average molecular weight is 498 g/mol. The van der Waals surface area contributed by atoms with E-state index in [9.17, 15) is 29.7 Å². The van der Waals surface area contributed by atoms with E-state index < -0.39 is 58.0 Å². The number of ketones is 2. The zero-order valence-electron chi connectivity index (χ0n) is 20.2. The number of hydrogen-bond donors (Lipinski definition) is 5. The van der Waals surface area contributed by atoms with Crippen LogP contribution >= 0.6 is 0 Å². The van der Waals surface area contributed by atoms with E-state index in [0.29, 0.717) is 11.1 Å². The largest absolute Gasteiger partial charge is 0.508 e. The summed E-state index contributed by atoms with van der Waals surface area (Å²) in [6.45, 7) is 0.